The number of anilines is 1. The van der Waals surface area contributed by atoms with Crippen LogP contribution in [0.25, 0.3) is 0 Å². The number of aliphatic imine (C=N–C) groups is 1. The number of hydrogen-bond acceptors (Lipinski definition) is 3. The summed E-state index contributed by atoms with van der Waals surface area (Å²) in [6, 6.07) is 8.48. The predicted molar refractivity (Wildman–Crippen MR) is 129 cm³/mol. The summed E-state index contributed by atoms with van der Waals surface area (Å²) < 4.78 is 0. The van der Waals surface area contributed by atoms with E-state index in [1.54, 1.807) is 0 Å². The van der Waals surface area contributed by atoms with Gasteiger partial charge in [0, 0.05) is 44.8 Å². The van der Waals surface area contributed by atoms with Crippen molar-refractivity contribution in [3.8, 4) is 0 Å². The highest BCUT2D eigenvalue weighted by atomic mass is 127. The Hall–Kier alpha value is -1.35. The Labute approximate surface area is 187 Å². The highest BCUT2D eigenvalue weighted by molar-refractivity contribution is 14.0. The lowest BCUT2D eigenvalue weighted by atomic mass is 10.1. The normalized spacial score (nSPS) is 15.6. The molecular formula is C21H36IN5O. The molecular weight excluding hydrogens is 465 g/mol. The first-order valence-corrected chi connectivity index (χ1v) is 10.2. The lowest BCUT2D eigenvalue weighted by Crippen LogP contribution is -2.48. The Balaban J connectivity index is 0.00000392. The van der Waals surface area contributed by atoms with E-state index in [-0.39, 0.29) is 29.9 Å². The zero-order chi connectivity index (χ0) is 19.5. The summed E-state index contributed by atoms with van der Waals surface area (Å²) in [5.41, 5.74) is 2.05. The molecule has 1 aromatic carbocycles. The quantitative estimate of drug-likeness (QED) is 0.291. The molecule has 0 unspecified atom stereocenters. The Bertz CT molecular complexity index is 597. The summed E-state index contributed by atoms with van der Waals surface area (Å²) in [7, 11) is 0. The summed E-state index contributed by atoms with van der Waals surface area (Å²) in [5, 5.41) is 9.75. The van der Waals surface area contributed by atoms with Gasteiger partial charge in [0.05, 0.1) is 0 Å². The van der Waals surface area contributed by atoms with E-state index in [1.807, 2.05) is 24.3 Å². The maximum absolute atomic E-state index is 11.1. The molecule has 0 aliphatic carbocycles. The number of rotatable bonds is 8. The van der Waals surface area contributed by atoms with Gasteiger partial charge in [-0.15, -0.1) is 24.0 Å². The third kappa shape index (κ3) is 9.23. The van der Waals surface area contributed by atoms with E-state index < -0.39 is 0 Å². The average molecular weight is 501 g/mol. The van der Waals surface area contributed by atoms with Gasteiger partial charge in [-0.3, -0.25) is 9.79 Å². The standard InChI is InChI=1S/C21H35N5O.HI/c1-4-14-26-15-11-20(12-16-26)25-21(22-5-2)23-13-10-18-6-8-19(9-7-18)24-17(3)27;/h6-9,20H,4-5,10-16H2,1-3H3,(H,24,27)(H2,22,23,25);1H. The molecule has 1 amide bonds. The Morgan fingerprint density at radius 3 is 2.43 bits per heavy atom. The van der Waals surface area contributed by atoms with Gasteiger partial charge in [-0.05, 0) is 56.8 Å². The fraction of sp³-hybridized carbons (Fsp3) is 0.619. The summed E-state index contributed by atoms with van der Waals surface area (Å²) in [6.07, 6.45) is 4.46. The zero-order valence-electron chi connectivity index (χ0n) is 17.5. The topological polar surface area (TPSA) is 68.8 Å². The molecule has 0 spiro atoms. The molecule has 1 aliphatic heterocycles. The van der Waals surface area contributed by atoms with Crippen LogP contribution in [0.2, 0.25) is 0 Å². The molecule has 2 rings (SSSR count). The van der Waals surface area contributed by atoms with Crippen LogP contribution in [0.4, 0.5) is 5.69 Å². The van der Waals surface area contributed by atoms with E-state index in [9.17, 15) is 4.79 Å². The molecule has 28 heavy (non-hydrogen) atoms. The van der Waals surface area contributed by atoms with Crippen LogP contribution in [-0.4, -0.2) is 55.5 Å². The molecule has 1 aliphatic rings. The van der Waals surface area contributed by atoms with Gasteiger partial charge in [-0.2, -0.15) is 0 Å². The van der Waals surface area contributed by atoms with Crippen LogP contribution in [0.3, 0.4) is 0 Å². The monoisotopic (exact) mass is 501 g/mol. The first-order chi connectivity index (χ1) is 13.1. The molecule has 0 radical (unpaired) electrons. The van der Waals surface area contributed by atoms with Crippen molar-refractivity contribution in [3.63, 3.8) is 0 Å². The number of guanidine groups is 1. The van der Waals surface area contributed by atoms with E-state index in [4.69, 9.17) is 4.99 Å². The van der Waals surface area contributed by atoms with Gasteiger partial charge in [-0.1, -0.05) is 19.1 Å². The molecule has 0 atom stereocenters. The molecule has 0 aromatic heterocycles. The van der Waals surface area contributed by atoms with Gasteiger partial charge >= 0.3 is 0 Å². The smallest absolute Gasteiger partial charge is 0.221 e. The second-order valence-electron chi connectivity index (χ2n) is 7.15. The van der Waals surface area contributed by atoms with Gasteiger partial charge in [-0.25, -0.2) is 0 Å². The number of nitrogens with zero attached hydrogens (tertiary/aromatic N) is 2. The van der Waals surface area contributed by atoms with Crippen LogP contribution in [-0.2, 0) is 11.2 Å². The highest BCUT2D eigenvalue weighted by Gasteiger charge is 2.19. The molecule has 7 heteroatoms. The fourth-order valence-electron chi connectivity index (χ4n) is 3.39. The first kappa shape index (κ1) is 24.7. The van der Waals surface area contributed by atoms with Gasteiger partial charge in [0.2, 0.25) is 5.91 Å². The first-order valence-electron chi connectivity index (χ1n) is 10.2. The van der Waals surface area contributed by atoms with Gasteiger partial charge in [0.1, 0.15) is 0 Å². The summed E-state index contributed by atoms with van der Waals surface area (Å²) >= 11 is 0. The van der Waals surface area contributed by atoms with E-state index >= 15 is 0 Å². The average Bonchev–Trinajstić information content (AvgIpc) is 2.65. The van der Waals surface area contributed by atoms with Gasteiger partial charge < -0.3 is 20.9 Å². The van der Waals surface area contributed by atoms with Gasteiger partial charge in [0.15, 0.2) is 5.96 Å². The molecule has 1 saturated heterocycles. The highest BCUT2D eigenvalue weighted by Crippen LogP contribution is 2.11. The number of amides is 1. The number of carbonyl (C=O) groups excluding carboxylic acids is 1. The third-order valence-electron chi connectivity index (χ3n) is 4.76. The van der Waals surface area contributed by atoms with Gasteiger partial charge in [0.25, 0.3) is 0 Å². The number of hydrogen-bond donors (Lipinski definition) is 3. The molecule has 3 N–H and O–H groups in total. The van der Waals surface area contributed by atoms with E-state index in [0.29, 0.717) is 6.04 Å². The Kier molecular flexibility index (Phi) is 12.1. The van der Waals surface area contributed by atoms with Crippen molar-refractivity contribution in [1.82, 2.24) is 15.5 Å². The molecule has 1 fully saturated rings. The van der Waals surface area contributed by atoms with Crippen molar-refractivity contribution in [2.45, 2.75) is 52.5 Å². The molecule has 1 aromatic rings. The number of halogens is 1. The molecule has 0 bridgehead atoms. The lowest BCUT2D eigenvalue weighted by molar-refractivity contribution is -0.114. The predicted octanol–water partition coefficient (Wildman–Crippen LogP) is 3.24. The van der Waals surface area contributed by atoms with Crippen molar-refractivity contribution >= 4 is 41.5 Å². The number of benzene rings is 1. The Morgan fingerprint density at radius 1 is 1.18 bits per heavy atom. The molecule has 1 heterocycles. The van der Waals surface area contributed by atoms with Crippen LogP contribution in [0, 0.1) is 0 Å². The number of nitrogens with one attached hydrogen (secondary N) is 3. The maximum atomic E-state index is 11.1. The van der Waals surface area contributed by atoms with Crippen LogP contribution in [0.15, 0.2) is 29.3 Å². The van der Waals surface area contributed by atoms with Crippen LogP contribution in [0.1, 0.15) is 45.6 Å². The minimum absolute atomic E-state index is 0. The van der Waals surface area contributed by atoms with E-state index in [1.165, 1.54) is 51.4 Å². The summed E-state index contributed by atoms with van der Waals surface area (Å²) in [5.74, 6) is 0.871. The fourth-order valence-corrected chi connectivity index (χ4v) is 3.39. The number of likely N-dealkylation sites (tertiary alicyclic amines) is 1. The minimum Gasteiger partial charge on any atom is -0.357 e. The van der Waals surface area contributed by atoms with Crippen molar-refractivity contribution in [2.75, 3.05) is 38.0 Å². The molecule has 6 nitrogen and oxygen atoms in total. The van der Waals surface area contributed by atoms with E-state index in [2.05, 4.69) is 34.7 Å². The second-order valence-corrected chi connectivity index (χ2v) is 7.15. The minimum atomic E-state index is -0.0470. The third-order valence-corrected chi connectivity index (χ3v) is 4.76. The molecule has 158 valence electrons. The van der Waals surface area contributed by atoms with Crippen molar-refractivity contribution < 1.29 is 4.79 Å². The summed E-state index contributed by atoms with van der Waals surface area (Å²) in [6.45, 7) is 11.0. The second kappa shape index (κ2) is 13.8. The summed E-state index contributed by atoms with van der Waals surface area (Å²) in [4.78, 5) is 18.4. The zero-order valence-corrected chi connectivity index (χ0v) is 19.8. The Morgan fingerprint density at radius 2 is 1.86 bits per heavy atom. The van der Waals surface area contributed by atoms with Crippen molar-refractivity contribution in [2.24, 2.45) is 4.99 Å². The largest absolute Gasteiger partial charge is 0.357 e. The number of carbonyl (C=O) groups is 1. The van der Waals surface area contributed by atoms with Crippen LogP contribution < -0.4 is 16.0 Å². The van der Waals surface area contributed by atoms with Crippen molar-refractivity contribution in [3.05, 3.63) is 29.8 Å². The lowest BCUT2D eigenvalue weighted by Gasteiger charge is -2.32. The maximum Gasteiger partial charge on any atom is 0.221 e. The van der Waals surface area contributed by atoms with E-state index in [0.717, 1.165) is 31.2 Å². The van der Waals surface area contributed by atoms with Crippen LogP contribution in [0.5, 0.6) is 0 Å². The molecule has 0 saturated carbocycles. The SMILES string of the molecule is CCCN1CCC(NC(=NCCc2ccc(NC(C)=O)cc2)NCC)CC1.I. The van der Waals surface area contributed by atoms with Crippen molar-refractivity contribution in [1.29, 1.82) is 0 Å². The number of piperidine rings is 1. The van der Waals surface area contributed by atoms with Crippen LogP contribution >= 0.6 is 24.0 Å².